The van der Waals surface area contributed by atoms with Gasteiger partial charge in [-0.3, -0.25) is 4.79 Å². The Morgan fingerprint density at radius 1 is 1.58 bits per heavy atom. The highest BCUT2D eigenvalue weighted by molar-refractivity contribution is 8.00. The van der Waals surface area contributed by atoms with E-state index in [0.717, 1.165) is 6.26 Å². The third-order valence-corrected chi connectivity index (χ3v) is 5.52. The largest absolute Gasteiger partial charge is 0.397 e. The molecule has 1 aliphatic heterocycles. The summed E-state index contributed by atoms with van der Waals surface area (Å²) >= 11 is 1.53. The van der Waals surface area contributed by atoms with Gasteiger partial charge in [0.2, 0.25) is 0 Å². The minimum absolute atomic E-state index is 0.114. The summed E-state index contributed by atoms with van der Waals surface area (Å²) in [5.41, 5.74) is 6.09. The van der Waals surface area contributed by atoms with Crippen molar-refractivity contribution in [3.8, 4) is 0 Å². The summed E-state index contributed by atoms with van der Waals surface area (Å²) in [6.45, 7) is 0.386. The number of pyridine rings is 1. The van der Waals surface area contributed by atoms with Crippen molar-refractivity contribution in [3.63, 3.8) is 0 Å². The molecule has 104 valence electrons. The van der Waals surface area contributed by atoms with Gasteiger partial charge in [0.25, 0.3) is 5.91 Å². The maximum Gasteiger partial charge on any atom is 0.275 e. The van der Waals surface area contributed by atoms with E-state index in [1.165, 1.54) is 22.9 Å². The molecule has 1 aliphatic rings. The van der Waals surface area contributed by atoms with E-state index in [1.807, 2.05) is 0 Å². The average molecular weight is 301 g/mol. The minimum Gasteiger partial charge on any atom is -0.397 e. The number of thioether (sulfide) groups is 1. The molecule has 1 aromatic rings. The van der Waals surface area contributed by atoms with Gasteiger partial charge in [-0.15, -0.1) is 0 Å². The van der Waals surface area contributed by atoms with Gasteiger partial charge >= 0.3 is 0 Å². The molecule has 1 unspecified atom stereocenters. The zero-order valence-corrected chi connectivity index (χ0v) is 12.1. The maximum absolute atomic E-state index is 12.4. The van der Waals surface area contributed by atoms with E-state index in [0.29, 0.717) is 18.1 Å². The third-order valence-electron chi connectivity index (χ3n) is 2.88. The van der Waals surface area contributed by atoms with Crippen molar-refractivity contribution in [2.75, 3.05) is 30.0 Å². The van der Waals surface area contributed by atoms with Crippen molar-refractivity contribution in [2.45, 2.75) is 5.37 Å². The first-order valence-electron chi connectivity index (χ1n) is 5.69. The molecule has 1 atom stereocenters. The van der Waals surface area contributed by atoms with Crippen LogP contribution in [-0.4, -0.2) is 53.9 Å². The van der Waals surface area contributed by atoms with Crippen molar-refractivity contribution in [1.82, 2.24) is 9.88 Å². The molecule has 1 fully saturated rings. The number of nitrogen functional groups attached to an aromatic ring is 1. The van der Waals surface area contributed by atoms with Gasteiger partial charge in [0.15, 0.2) is 15.5 Å². The van der Waals surface area contributed by atoms with E-state index in [4.69, 9.17) is 5.73 Å². The number of nitrogens with two attached hydrogens (primary N) is 1. The summed E-state index contributed by atoms with van der Waals surface area (Å²) in [6.07, 6.45) is 2.61. The quantitative estimate of drug-likeness (QED) is 0.840. The minimum atomic E-state index is -3.33. The second-order valence-electron chi connectivity index (χ2n) is 4.30. The number of rotatable bonds is 2. The van der Waals surface area contributed by atoms with E-state index in [1.54, 1.807) is 12.1 Å². The Kier molecular flexibility index (Phi) is 4.00. The number of aromatic nitrogens is 1. The van der Waals surface area contributed by atoms with Crippen LogP contribution >= 0.6 is 11.8 Å². The predicted octanol–water partition coefficient (Wildman–Crippen LogP) is 0.223. The van der Waals surface area contributed by atoms with E-state index in [-0.39, 0.29) is 11.4 Å². The Labute approximate surface area is 116 Å². The fourth-order valence-corrected chi connectivity index (χ4v) is 4.72. The third kappa shape index (κ3) is 3.01. The molecule has 0 bridgehead atoms. The second-order valence-corrected chi connectivity index (χ2v) is 7.65. The van der Waals surface area contributed by atoms with Gasteiger partial charge in [0, 0.05) is 30.5 Å². The number of hydrogen-bond donors (Lipinski definition) is 1. The lowest BCUT2D eigenvalue weighted by atomic mass is 10.2. The number of nitrogens with zero attached hydrogens (tertiary/aromatic N) is 2. The molecule has 1 aromatic heterocycles. The van der Waals surface area contributed by atoms with Crippen LogP contribution in [0.5, 0.6) is 0 Å². The van der Waals surface area contributed by atoms with Crippen molar-refractivity contribution in [3.05, 3.63) is 24.0 Å². The van der Waals surface area contributed by atoms with Gasteiger partial charge in [-0.2, -0.15) is 11.8 Å². The highest BCUT2D eigenvalue weighted by Gasteiger charge is 2.35. The maximum atomic E-state index is 12.4. The van der Waals surface area contributed by atoms with Crippen LogP contribution in [0.4, 0.5) is 5.69 Å². The van der Waals surface area contributed by atoms with Crippen LogP contribution in [-0.2, 0) is 9.84 Å². The van der Waals surface area contributed by atoms with Crippen molar-refractivity contribution < 1.29 is 13.2 Å². The summed E-state index contributed by atoms with van der Waals surface area (Å²) in [7, 11) is -3.33. The molecule has 0 spiro atoms. The highest BCUT2D eigenvalue weighted by atomic mass is 32.2. The van der Waals surface area contributed by atoms with E-state index < -0.39 is 21.1 Å². The van der Waals surface area contributed by atoms with Crippen molar-refractivity contribution in [1.29, 1.82) is 0 Å². The lowest BCUT2D eigenvalue weighted by molar-refractivity contribution is 0.0745. The number of sulfone groups is 1. The van der Waals surface area contributed by atoms with Crippen molar-refractivity contribution in [2.24, 2.45) is 0 Å². The fourth-order valence-electron chi connectivity index (χ4n) is 1.90. The Hall–Kier alpha value is -1.28. The first-order chi connectivity index (χ1) is 8.91. The molecule has 0 aromatic carbocycles. The fraction of sp³-hybridized carbons (Fsp3) is 0.455. The Bertz CT molecular complexity index is 589. The summed E-state index contributed by atoms with van der Waals surface area (Å²) in [6, 6.07) is 3.21. The molecule has 19 heavy (non-hydrogen) atoms. The number of hydrogen-bond acceptors (Lipinski definition) is 6. The van der Waals surface area contributed by atoms with Crippen LogP contribution in [0, 0.1) is 0 Å². The van der Waals surface area contributed by atoms with Crippen LogP contribution in [0.1, 0.15) is 10.5 Å². The molecule has 0 radical (unpaired) electrons. The van der Waals surface area contributed by atoms with E-state index >= 15 is 0 Å². The first kappa shape index (κ1) is 14.1. The number of anilines is 1. The Balaban J connectivity index is 2.34. The van der Waals surface area contributed by atoms with Gasteiger partial charge < -0.3 is 10.6 Å². The molecule has 2 N–H and O–H groups in total. The number of carbonyl (C=O) groups is 1. The lowest BCUT2D eigenvalue weighted by Crippen LogP contribution is -2.50. The van der Waals surface area contributed by atoms with Crippen LogP contribution in [0.2, 0.25) is 0 Å². The molecule has 0 aliphatic carbocycles. The lowest BCUT2D eigenvalue weighted by Gasteiger charge is -2.33. The topological polar surface area (TPSA) is 93.4 Å². The molecular formula is C11H15N3O3S2. The molecule has 2 rings (SSSR count). The number of carbonyl (C=O) groups excluding carboxylic acids is 1. The standard InChI is InChI=1S/C11H15N3O3S2/c1-19(16,17)9-7-18-6-5-14(9)11(15)10-8(12)3-2-4-13-10/h2-4,9H,5-7,12H2,1H3. The molecule has 1 amide bonds. The normalized spacial score (nSPS) is 20.3. The first-order valence-corrected chi connectivity index (χ1v) is 8.80. The molecule has 1 saturated heterocycles. The van der Waals surface area contributed by atoms with Gasteiger partial charge in [-0.1, -0.05) is 0 Å². The Morgan fingerprint density at radius 2 is 2.32 bits per heavy atom. The summed E-state index contributed by atoms with van der Waals surface area (Å²) in [4.78, 5) is 17.7. The molecule has 6 nitrogen and oxygen atoms in total. The van der Waals surface area contributed by atoms with E-state index in [9.17, 15) is 13.2 Å². The smallest absolute Gasteiger partial charge is 0.275 e. The molecule has 8 heteroatoms. The average Bonchev–Trinajstić information content (AvgIpc) is 2.37. The Morgan fingerprint density at radius 3 is 2.95 bits per heavy atom. The van der Waals surface area contributed by atoms with Crippen LogP contribution in [0.15, 0.2) is 18.3 Å². The van der Waals surface area contributed by atoms with E-state index in [2.05, 4.69) is 4.98 Å². The van der Waals surface area contributed by atoms with Crippen LogP contribution in [0.25, 0.3) is 0 Å². The van der Waals surface area contributed by atoms with Gasteiger partial charge in [-0.25, -0.2) is 13.4 Å². The molecule has 2 heterocycles. The zero-order valence-electron chi connectivity index (χ0n) is 10.4. The monoisotopic (exact) mass is 301 g/mol. The summed E-state index contributed by atoms with van der Waals surface area (Å²) in [5, 5.41) is -0.805. The van der Waals surface area contributed by atoms with Crippen LogP contribution in [0.3, 0.4) is 0 Å². The molecular weight excluding hydrogens is 286 g/mol. The predicted molar refractivity (Wildman–Crippen MR) is 75.6 cm³/mol. The highest BCUT2D eigenvalue weighted by Crippen LogP contribution is 2.23. The second kappa shape index (κ2) is 5.38. The summed E-state index contributed by atoms with van der Waals surface area (Å²) < 4.78 is 23.5. The van der Waals surface area contributed by atoms with Crippen LogP contribution < -0.4 is 5.73 Å². The van der Waals surface area contributed by atoms with Gasteiger partial charge in [0.05, 0.1) is 5.69 Å². The van der Waals surface area contributed by atoms with Gasteiger partial charge in [0.1, 0.15) is 5.37 Å². The molecule has 0 saturated carbocycles. The van der Waals surface area contributed by atoms with Crippen molar-refractivity contribution >= 4 is 33.2 Å². The van der Waals surface area contributed by atoms with Gasteiger partial charge in [-0.05, 0) is 12.1 Å². The summed E-state index contributed by atoms with van der Waals surface area (Å²) in [5.74, 6) is 0.677. The number of amides is 1. The zero-order chi connectivity index (χ0) is 14.0. The SMILES string of the molecule is CS(=O)(=O)C1CSCCN1C(=O)c1ncccc1N.